The number of carbonyl (C=O) groups excluding carboxylic acids is 1. The lowest BCUT2D eigenvalue weighted by Gasteiger charge is -2.34. The van der Waals surface area contributed by atoms with Crippen LogP contribution in [-0.2, 0) is 4.79 Å². The summed E-state index contributed by atoms with van der Waals surface area (Å²) in [5.41, 5.74) is 0.473. The number of amides is 1. The molecule has 1 amide bonds. The van der Waals surface area contributed by atoms with Crippen LogP contribution in [0.3, 0.4) is 0 Å². The summed E-state index contributed by atoms with van der Waals surface area (Å²) in [5, 5.41) is 3.07. The minimum Gasteiger partial charge on any atom is -0.352 e. The monoisotopic (exact) mass is 261 g/mol. The van der Waals surface area contributed by atoms with Gasteiger partial charge < -0.3 is 5.32 Å². The van der Waals surface area contributed by atoms with Crippen molar-refractivity contribution < 1.29 is 4.79 Å². The highest BCUT2D eigenvalue weighted by molar-refractivity contribution is 9.10. The van der Waals surface area contributed by atoms with Gasteiger partial charge in [-0.05, 0) is 38.0 Å². The zero-order valence-electron chi connectivity index (χ0n) is 9.27. The standard InChI is InChI=1S/C11H20BrNO/c1-8(12)10(14)13-9-4-6-11(2,3)7-5-9/h8-9H,4-7H2,1-3H3,(H,13,14). The van der Waals surface area contributed by atoms with Crippen LogP contribution in [0.4, 0.5) is 0 Å². The van der Waals surface area contributed by atoms with E-state index in [0.717, 1.165) is 12.8 Å². The van der Waals surface area contributed by atoms with E-state index in [1.54, 1.807) is 0 Å². The summed E-state index contributed by atoms with van der Waals surface area (Å²) < 4.78 is 0. The van der Waals surface area contributed by atoms with E-state index in [1.807, 2.05) is 6.92 Å². The Morgan fingerprint density at radius 3 is 2.36 bits per heavy atom. The highest BCUT2D eigenvalue weighted by Gasteiger charge is 2.27. The van der Waals surface area contributed by atoms with Crippen LogP contribution < -0.4 is 5.32 Å². The summed E-state index contributed by atoms with van der Waals surface area (Å²) in [5.74, 6) is 0.120. The largest absolute Gasteiger partial charge is 0.352 e. The molecule has 0 saturated heterocycles. The van der Waals surface area contributed by atoms with E-state index in [1.165, 1.54) is 12.8 Å². The topological polar surface area (TPSA) is 29.1 Å². The van der Waals surface area contributed by atoms with Gasteiger partial charge in [-0.25, -0.2) is 0 Å². The number of nitrogens with one attached hydrogen (secondary N) is 1. The smallest absolute Gasteiger partial charge is 0.233 e. The van der Waals surface area contributed by atoms with Crippen molar-refractivity contribution in [3.63, 3.8) is 0 Å². The van der Waals surface area contributed by atoms with Gasteiger partial charge in [0.15, 0.2) is 0 Å². The number of rotatable bonds is 2. The van der Waals surface area contributed by atoms with Gasteiger partial charge in [0, 0.05) is 6.04 Å². The van der Waals surface area contributed by atoms with E-state index in [9.17, 15) is 4.79 Å². The summed E-state index contributed by atoms with van der Waals surface area (Å²) >= 11 is 3.28. The maximum Gasteiger partial charge on any atom is 0.233 e. The molecule has 1 aliphatic rings. The molecule has 82 valence electrons. The fourth-order valence-corrected chi connectivity index (χ4v) is 1.99. The van der Waals surface area contributed by atoms with E-state index < -0.39 is 0 Å². The second-order valence-electron chi connectivity index (χ2n) is 5.06. The van der Waals surface area contributed by atoms with E-state index in [2.05, 4.69) is 35.1 Å². The van der Waals surface area contributed by atoms with E-state index in [-0.39, 0.29) is 10.7 Å². The van der Waals surface area contributed by atoms with Gasteiger partial charge in [-0.1, -0.05) is 29.8 Å². The van der Waals surface area contributed by atoms with Crippen LogP contribution in [0.5, 0.6) is 0 Å². The van der Waals surface area contributed by atoms with Gasteiger partial charge in [0.25, 0.3) is 0 Å². The van der Waals surface area contributed by atoms with Gasteiger partial charge in [-0.3, -0.25) is 4.79 Å². The molecule has 1 fully saturated rings. The predicted molar refractivity (Wildman–Crippen MR) is 62.6 cm³/mol. The van der Waals surface area contributed by atoms with E-state index in [4.69, 9.17) is 0 Å². The molecule has 3 heteroatoms. The summed E-state index contributed by atoms with van der Waals surface area (Å²) in [4.78, 5) is 11.3. The van der Waals surface area contributed by atoms with Crippen molar-refractivity contribution in [3.8, 4) is 0 Å². The summed E-state index contributed by atoms with van der Waals surface area (Å²) in [6.07, 6.45) is 4.68. The zero-order chi connectivity index (χ0) is 10.8. The number of hydrogen-bond donors (Lipinski definition) is 1. The Morgan fingerprint density at radius 1 is 1.43 bits per heavy atom. The quantitative estimate of drug-likeness (QED) is 0.762. The van der Waals surface area contributed by atoms with Crippen LogP contribution in [-0.4, -0.2) is 16.8 Å². The third kappa shape index (κ3) is 3.60. The van der Waals surface area contributed by atoms with Crippen LogP contribution in [0.1, 0.15) is 46.5 Å². The van der Waals surface area contributed by atoms with Crippen LogP contribution in [0.2, 0.25) is 0 Å². The fourth-order valence-electron chi connectivity index (χ4n) is 1.86. The number of halogens is 1. The summed E-state index contributed by atoms with van der Waals surface area (Å²) in [6, 6.07) is 0.399. The lowest BCUT2D eigenvalue weighted by Crippen LogP contribution is -2.41. The van der Waals surface area contributed by atoms with Crippen molar-refractivity contribution >= 4 is 21.8 Å². The molecule has 1 aliphatic carbocycles. The SMILES string of the molecule is CC(Br)C(=O)NC1CCC(C)(C)CC1. The van der Waals surface area contributed by atoms with Crippen LogP contribution >= 0.6 is 15.9 Å². The van der Waals surface area contributed by atoms with Crippen molar-refractivity contribution in [2.75, 3.05) is 0 Å². The third-order valence-electron chi connectivity index (χ3n) is 3.05. The highest BCUT2D eigenvalue weighted by atomic mass is 79.9. The molecule has 1 atom stereocenters. The molecule has 1 unspecified atom stereocenters. The van der Waals surface area contributed by atoms with Crippen LogP contribution in [0, 0.1) is 5.41 Å². The van der Waals surface area contributed by atoms with E-state index in [0.29, 0.717) is 11.5 Å². The fraction of sp³-hybridized carbons (Fsp3) is 0.909. The Kier molecular flexibility index (Phi) is 3.99. The lowest BCUT2D eigenvalue weighted by atomic mass is 9.75. The molecule has 1 rings (SSSR count). The minimum atomic E-state index is -0.0718. The van der Waals surface area contributed by atoms with Gasteiger partial charge in [0.1, 0.15) is 0 Å². The molecule has 0 aromatic heterocycles. The summed E-state index contributed by atoms with van der Waals surface area (Å²) in [7, 11) is 0. The molecular formula is C11H20BrNO. The highest BCUT2D eigenvalue weighted by Crippen LogP contribution is 2.34. The molecule has 0 aromatic carbocycles. The van der Waals surface area contributed by atoms with Gasteiger partial charge in [0.05, 0.1) is 4.83 Å². The predicted octanol–water partition coefficient (Wildman–Crippen LogP) is 2.85. The van der Waals surface area contributed by atoms with Gasteiger partial charge in [-0.2, -0.15) is 0 Å². The van der Waals surface area contributed by atoms with Crippen molar-refractivity contribution in [1.29, 1.82) is 0 Å². The third-order valence-corrected chi connectivity index (χ3v) is 3.46. The maximum atomic E-state index is 11.4. The van der Waals surface area contributed by atoms with Crippen molar-refractivity contribution in [3.05, 3.63) is 0 Å². The molecule has 1 N–H and O–H groups in total. The van der Waals surface area contributed by atoms with Crippen molar-refractivity contribution in [2.45, 2.75) is 57.3 Å². The summed E-state index contributed by atoms with van der Waals surface area (Å²) in [6.45, 7) is 6.47. The Bertz CT molecular complexity index is 203. The number of carbonyl (C=O) groups is 1. The molecule has 1 saturated carbocycles. The molecule has 0 spiro atoms. The Hall–Kier alpha value is -0.0500. The first-order chi connectivity index (χ1) is 6.41. The second-order valence-corrected chi connectivity index (χ2v) is 6.44. The average molecular weight is 262 g/mol. The first kappa shape index (κ1) is 12.0. The molecule has 0 radical (unpaired) electrons. The van der Waals surface area contributed by atoms with Gasteiger partial charge >= 0.3 is 0 Å². The number of hydrogen-bond acceptors (Lipinski definition) is 1. The maximum absolute atomic E-state index is 11.4. The minimum absolute atomic E-state index is 0.0718. The molecule has 0 bridgehead atoms. The normalized spacial score (nSPS) is 24.3. The second kappa shape index (κ2) is 4.65. The van der Waals surface area contributed by atoms with Crippen molar-refractivity contribution in [2.24, 2.45) is 5.41 Å². The lowest BCUT2D eigenvalue weighted by molar-refractivity contribution is -0.121. The molecule has 0 aliphatic heterocycles. The Labute approximate surface area is 95.0 Å². The first-order valence-corrected chi connectivity index (χ1v) is 6.27. The average Bonchev–Trinajstić information content (AvgIpc) is 2.08. The van der Waals surface area contributed by atoms with Crippen LogP contribution in [0.15, 0.2) is 0 Å². The molecule has 0 aromatic rings. The molecular weight excluding hydrogens is 242 g/mol. The molecule has 2 nitrogen and oxygen atoms in total. The molecule has 0 heterocycles. The zero-order valence-corrected chi connectivity index (χ0v) is 10.9. The van der Waals surface area contributed by atoms with E-state index >= 15 is 0 Å². The number of alkyl halides is 1. The first-order valence-electron chi connectivity index (χ1n) is 5.35. The van der Waals surface area contributed by atoms with Crippen molar-refractivity contribution in [1.82, 2.24) is 5.32 Å². The molecule has 14 heavy (non-hydrogen) atoms. The van der Waals surface area contributed by atoms with Crippen LogP contribution in [0.25, 0.3) is 0 Å². The Morgan fingerprint density at radius 2 is 1.93 bits per heavy atom. The Balaban J connectivity index is 2.33. The van der Waals surface area contributed by atoms with Gasteiger partial charge in [-0.15, -0.1) is 0 Å². The van der Waals surface area contributed by atoms with Gasteiger partial charge in [0.2, 0.25) is 5.91 Å².